The molecule has 0 saturated heterocycles. The molecule has 3 rings (SSSR count). The minimum Gasteiger partial charge on any atom is -0.369 e. The first-order valence-electron chi connectivity index (χ1n) is 10.0. The maximum Gasteiger partial charge on any atom is 0.220 e. The normalized spacial score (nSPS) is 16.9. The quantitative estimate of drug-likeness (QED) is 0.754. The van der Waals surface area contributed by atoms with Crippen molar-refractivity contribution in [2.45, 2.75) is 38.3 Å². The molecule has 1 N–H and O–H groups in total. The molecule has 1 amide bonds. The first-order valence-corrected chi connectivity index (χ1v) is 10.0. The Kier molecular flexibility index (Phi) is 6.68. The first-order chi connectivity index (χ1) is 13.5. The van der Waals surface area contributed by atoms with Gasteiger partial charge in [-0.1, -0.05) is 30.3 Å². The molecular formula is C23H30FN3O. The van der Waals surface area contributed by atoms with Crippen molar-refractivity contribution in [1.29, 1.82) is 0 Å². The van der Waals surface area contributed by atoms with Gasteiger partial charge in [-0.15, -0.1) is 0 Å². The fourth-order valence-electron chi connectivity index (χ4n) is 3.91. The summed E-state index contributed by atoms with van der Waals surface area (Å²) in [5.74, 6) is -0.133. The average molecular weight is 384 g/mol. The molecule has 1 unspecified atom stereocenters. The van der Waals surface area contributed by atoms with E-state index in [1.54, 1.807) is 0 Å². The lowest BCUT2D eigenvalue weighted by molar-refractivity contribution is -0.122. The predicted octanol–water partition coefficient (Wildman–Crippen LogP) is 3.78. The summed E-state index contributed by atoms with van der Waals surface area (Å²) in [7, 11) is 4.05. The molecule has 0 aromatic heterocycles. The molecule has 150 valence electrons. The van der Waals surface area contributed by atoms with E-state index >= 15 is 0 Å². The number of hydrogen-bond donors (Lipinski definition) is 1. The highest BCUT2D eigenvalue weighted by Crippen LogP contribution is 2.34. The van der Waals surface area contributed by atoms with Crippen molar-refractivity contribution in [3.8, 4) is 0 Å². The summed E-state index contributed by atoms with van der Waals surface area (Å²) in [5.41, 5.74) is 3.51. The molecule has 2 aromatic carbocycles. The van der Waals surface area contributed by atoms with Crippen LogP contribution >= 0.6 is 0 Å². The number of nitrogens with zero attached hydrogens (tertiary/aromatic N) is 2. The van der Waals surface area contributed by atoms with Crippen molar-refractivity contribution < 1.29 is 9.18 Å². The Hall–Kier alpha value is -2.40. The number of halogens is 1. The molecule has 1 aliphatic rings. The lowest BCUT2D eigenvalue weighted by Crippen LogP contribution is -2.35. The Bertz CT molecular complexity index is 791. The van der Waals surface area contributed by atoms with Crippen LogP contribution in [0.15, 0.2) is 48.5 Å². The summed E-state index contributed by atoms with van der Waals surface area (Å²) in [6.07, 6.45) is 2.05. The smallest absolute Gasteiger partial charge is 0.220 e. The SMILES string of the molecule is CCN1CC(NC(=O)CC[C@H](Cc2ccc(F)cc2)N(C)C)c2ccccc21. The van der Waals surface area contributed by atoms with Crippen LogP contribution in [0.1, 0.15) is 36.9 Å². The minimum absolute atomic E-state index is 0.0542. The summed E-state index contributed by atoms with van der Waals surface area (Å²) >= 11 is 0. The molecule has 0 radical (unpaired) electrons. The van der Waals surface area contributed by atoms with E-state index in [0.717, 1.165) is 31.5 Å². The second-order valence-electron chi connectivity index (χ2n) is 7.70. The second kappa shape index (κ2) is 9.20. The predicted molar refractivity (Wildman–Crippen MR) is 112 cm³/mol. The standard InChI is InChI=1S/C23H30FN3O/c1-4-27-16-21(20-7-5-6-8-22(20)27)25-23(28)14-13-19(26(2)3)15-17-9-11-18(24)12-10-17/h5-12,19,21H,4,13-16H2,1-3H3,(H,25,28)/t19-,21?/m1/s1. The van der Waals surface area contributed by atoms with Crippen molar-refractivity contribution in [3.05, 3.63) is 65.5 Å². The number of anilines is 1. The van der Waals surface area contributed by atoms with Gasteiger partial charge in [0.1, 0.15) is 5.82 Å². The number of rotatable bonds is 8. The van der Waals surface area contributed by atoms with Crippen LogP contribution in [0.4, 0.5) is 10.1 Å². The highest BCUT2D eigenvalue weighted by atomic mass is 19.1. The van der Waals surface area contributed by atoms with Crippen LogP contribution in [-0.4, -0.2) is 44.0 Å². The van der Waals surface area contributed by atoms with E-state index in [2.05, 4.69) is 34.2 Å². The number of carbonyl (C=O) groups excluding carboxylic acids is 1. The molecule has 0 bridgehead atoms. The van der Waals surface area contributed by atoms with Gasteiger partial charge < -0.3 is 15.1 Å². The topological polar surface area (TPSA) is 35.6 Å². The molecule has 0 saturated carbocycles. The maximum absolute atomic E-state index is 13.1. The molecule has 1 aliphatic heterocycles. The van der Waals surface area contributed by atoms with Gasteiger partial charge >= 0.3 is 0 Å². The van der Waals surface area contributed by atoms with E-state index in [4.69, 9.17) is 0 Å². The molecule has 28 heavy (non-hydrogen) atoms. The molecular weight excluding hydrogens is 353 g/mol. The van der Waals surface area contributed by atoms with Gasteiger partial charge in [-0.2, -0.15) is 0 Å². The summed E-state index contributed by atoms with van der Waals surface area (Å²) in [5, 5.41) is 3.22. The second-order valence-corrected chi connectivity index (χ2v) is 7.70. The molecule has 2 atom stereocenters. The van der Waals surface area contributed by atoms with Gasteiger partial charge in [0.25, 0.3) is 0 Å². The van der Waals surface area contributed by atoms with Crippen LogP contribution in [-0.2, 0) is 11.2 Å². The van der Waals surface area contributed by atoms with Gasteiger partial charge in [-0.25, -0.2) is 4.39 Å². The summed E-state index contributed by atoms with van der Waals surface area (Å²) in [6, 6.07) is 15.2. The van der Waals surface area contributed by atoms with E-state index in [-0.39, 0.29) is 23.8 Å². The zero-order chi connectivity index (χ0) is 20.1. The van der Waals surface area contributed by atoms with Gasteiger partial charge in [0.05, 0.1) is 6.04 Å². The van der Waals surface area contributed by atoms with Crippen LogP contribution < -0.4 is 10.2 Å². The van der Waals surface area contributed by atoms with E-state index in [1.807, 2.05) is 38.4 Å². The number of hydrogen-bond acceptors (Lipinski definition) is 3. The summed E-state index contributed by atoms with van der Waals surface area (Å²) in [4.78, 5) is 17.1. The number of fused-ring (bicyclic) bond motifs is 1. The van der Waals surface area contributed by atoms with Crippen LogP contribution in [0, 0.1) is 5.82 Å². The number of para-hydroxylation sites is 1. The highest BCUT2D eigenvalue weighted by Gasteiger charge is 2.28. The number of benzene rings is 2. The van der Waals surface area contributed by atoms with Crippen LogP contribution in [0.2, 0.25) is 0 Å². The van der Waals surface area contributed by atoms with Crippen molar-refractivity contribution in [2.24, 2.45) is 0 Å². The van der Waals surface area contributed by atoms with Crippen molar-refractivity contribution >= 4 is 11.6 Å². The Morgan fingerprint density at radius 2 is 1.93 bits per heavy atom. The average Bonchev–Trinajstić information content (AvgIpc) is 3.04. The molecule has 4 nitrogen and oxygen atoms in total. The van der Waals surface area contributed by atoms with E-state index in [0.29, 0.717) is 6.42 Å². The zero-order valence-corrected chi connectivity index (χ0v) is 17.0. The van der Waals surface area contributed by atoms with E-state index in [1.165, 1.54) is 23.4 Å². The van der Waals surface area contributed by atoms with Crippen LogP contribution in [0.3, 0.4) is 0 Å². The molecule has 5 heteroatoms. The van der Waals surface area contributed by atoms with Crippen molar-refractivity contribution in [1.82, 2.24) is 10.2 Å². The van der Waals surface area contributed by atoms with Gasteiger partial charge in [0.2, 0.25) is 5.91 Å². The van der Waals surface area contributed by atoms with Gasteiger partial charge in [-0.05, 0) is 63.2 Å². The number of likely N-dealkylation sites (N-methyl/N-ethyl adjacent to an activating group) is 2. The van der Waals surface area contributed by atoms with Crippen molar-refractivity contribution in [2.75, 3.05) is 32.1 Å². The third-order valence-corrected chi connectivity index (χ3v) is 5.59. The Morgan fingerprint density at radius 1 is 1.21 bits per heavy atom. The number of carbonyl (C=O) groups is 1. The third kappa shape index (κ3) is 4.90. The van der Waals surface area contributed by atoms with Gasteiger partial charge in [-0.3, -0.25) is 4.79 Å². The molecule has 0 fully saturated rings. The molecule has 0 spiro atoms. The lowest BCUT2D eigenvalue weighted by atomic mass is 10.0. The van der Waals surface area contributed by atoms with Crippen LogP contribution in [0.25, 0.3) is 0 Å². The fourth-order valence-corrected chi connectivity index (χ4v) is 3.91. The fraction of sp³-hybridized carbons (Fsp3) is 0.435. The maximum atomic E-state index is 13.1. The van der Waals surface area contributed by atoms with E-state index in [9.17, 15) is 9.18 Å². The van der Waals surface area contributed by atoms with Crippen LogP contribution in [0.5, 0.6) is 0 Å². The Labute approximate surface area is 167 Å². The third-order valence-electron chi connectivity index (χ3n) is 5.59. The molecule has 0 aliphatic carbocycles. The van der Waals surface area contributed by atoms with Gasteiger partial charge in [0, 0.05) is 31.2 Å². The zero-order valence-electron chi connectivity index (χ0n) is 17.0. The monoisotopic (exact) mass is 383 g/mol. The van der Waals surface area contributed by atoms with Gasteiger partial charge in [0.15, 0.2) is 0 Å². The van der Waals surface area contributed by atoms with Crippen molar-refractivity contribution in [3.63, 3.8) is 0 Å². The molecule has 2 aromatic rings. The van der Waals surface area contributed by atoms with E-state index < -0.39 is 0 Å². The highest BCUT2D eigenvalue weighted by molar-refractivity contribution is 5.77. The Balaban J connectivity index is 1.56. The number of amides is 1. The summed E-state index contributed by atoms with van der Waals surface area (Å²) < 4.78 is 13.1. The summed E-state index contributed by atoms with van der Waals surface area (Å²) in [6.45, 7) is 3.90. The molecule has 1 heterocycles. The largest absolute Gasteiger partial charge is 0.369 e. The Morgan fingerprint density at radius 3 is 2.61 bits per heavy atom. The number of nitrogens with one attached hydrogen (secondary N) is 1. The lowest BCUT2D eigenvalue weighted by Gasteiger charge is -2.25. The minimum atomic E-state index is -0.220. The first kappa shape index (κ1) is 20.3.